The number of likely N-dealkylation sites (tertiary alicyclic amines) is 1. The zero-order valence-electron chi connectivity index (χ0n) is 26.7. The quantitative estimate of drug-likeness (QED) is 0.173. The molecule has 0 aliphatic carbocycles. The fraction of sp³-hybridized carbons (Fsp3) is 0.697. The highest BCUT2D eigenvalue weighted by atomic mass is 16.7. The van der Waals surface area contributed by atoms with Gasteiger partial charge in [0.25, 0.3) is 0 Å². The van der Waals surface area contributed by atoms with Gasteiger partial charge in [-0.05, 0) is 62.6 Å². The molecule has 41 heavy (non-hydrogen) atoms. The number of amides is 1. The molecule has 0 saturated carbocycles. The van der Waals surface area contributed by atoms with Crippen molar-refractivity contribution in [2.45, 2.75) is 78.7 Å². The van der Waals surface area contributed by atoms with Gasteiger partial charge >= 0.3 is 5.97 Å². The summed E-state index contributed by atoms with van der Waals surface area (Å²) < 4.78 is 12.0. The molecule has 2 aliphatic rings. The van der Waals surface area contributed by atoms with Crippen LogP contribution in [0.15, 0.2) is 29.8 Å². The molecule has 0 radical (unpaired) electrons. The molecule has 3 rings (SSSR count). The van der Waals surface area contributed by atoms with Crippen LogP contribution in [0.1, 0.15) is 78.2 Å². The number of benzene rings is 1. The minimum Gasteiger partial charge on any atom is -0.481 e. The Morgan fingerprint density at radius 3 is 2.41 bits per heavy atom. The van der Waals surface area contributed by atoms with Gasteiger partial charge in [-0.15, -0.1) is 0 Å². The van der Waals surface area contributed by atoms with Crippen molar-refractivity contribution in [3.63, 3.8) is 0 Å². The Balaban J connectivity index is 1.87. The lowest BCUT2D eigenvalue weighted by Crippen LogP contribution is -2.46. The van der Waals surface area contributed by atoms with Crippen molar-refractivity contribution in [1.82, 2.24) is 9.80 Å². The van der Waals surface area contributed by atoms with Crippen molar-refractivity contribution >= 4 is 11.9 Å². The third kappa shape index (κ3) is 9.47. The molecule has 0 bridgehead atoms. The number of hydrogen-bond donors (Lipinski definition) is 1. The second-order valence-corrected chi connectivity index (χ2v) is 13.9. The van der Waals surface area contributed by atoms with Gasteiger partial charge in [-0.2, -0.15) is 0 Å². The van der Waals surface area contributed by atoms with Gasteiger partial charge in [0.2, 0.25) is 12.7 Å². The summed E-state index contributed by atoms with van der Waals surface area (Å²) in [5.74, 6) is -0.267. The SMILES string of the molecule is CCCCN(CCCC[N+](C)(C)C)C(=O)CN1C[C@H](c2ccc3c(c2)OCO3)C(C(=O)O)[C@@H]1CC(C)(C)C=C(C)C. The van der Waals surface area contributed by atoms with Crippen LogP contribution < -0.4 is 9.47 Å². The van der Waals surface area contributed by atoms with Crippen LogP contribution in [0, 0.1) is 11.3 Å². The Hall–Kier alpha value is -2.58. The Bertz CT molecular complexity index is 1070. The van der Waals surface area contributed by atoms with Crippen molar-refractivity contribution in [1.29, 1.82) is 0 Å². The first kappa shape index (κ1) is 32.9. The van der Waals surface area contributed by atoms with Crippen LogP contribution in [0.2, 0.25) is 0 Å². The third-order valence-corrected chi connectivity index (χ3v) is 8.25. The second-order valence-electron chi connectivity index (χ2n) is 13.9. The molecule has 1 unspecified atom stereocenters. The molecular weight excluding hydrogens is 518 g/mol. The van der Waals surface area contributed by atoms with E-state index in [0.717, 1.165) is 55.4 Å². The summed E-state index contributed by atoms with van der Waals surface area (Å²) in [7, 11) is 6.58. The number of nitrogens with zero attached hydrogens (tertiary/aromatic N) is 3. The number of aliphatic carboxylic acids is 1. The van der Waals surface area contributed by atoms with Gasteiger partial charge in [0.15, 0.2) is 11.5 Å². The van der Waals surface area contributed by atoms with Crippen molar-refractivity contribution in [3.8, 4) is 11.5 Å². The standard InChI is InChI=1S/C33H53N3O5/c1-9-10-15-34(16-11-12-17-36(6,7)8)30(37)22-35-21-26(25-13-14-28-29(18-25)41-23-40-28)31(32(38)39)27(35)20-33(4,5)19-24(2)3/h13-14,18-19,26-27,31H,9-12,15-17,20-23H2,1-8H3/p+1/t26-,27+,31?/m1/s1. The van der Waals surface area contributed by atoms with Crippen molar-refractivity contribution in [3.05, 3.63) is 35.4 Å². The van der Waals surface area contributed by atoms with E-state index in [9.17, 15) is 14.7 Å². The van der Waals surface area contributed by atoms with Crippen LogP contribution in [-0.2, 0) is 9.59 Å². The fourth-order valence-corrected chi connectivity index (χ4v) is 6.48. The zero-order valence-corrected chi connectivity index (χ0v) is 26.7. The Kier molecular flexibility index (Phi) is 11.3. The molecule has 1 fully saturated rings. The first-order valence-corrected chi connectivity index (χ1v) is 15.3. The minimum atomic E-state index is -0.816. The highest BCUT2D eigenvalue weighted by Crippen LogP contribution is 2.45. The van der Waals surface area contributed by atoms with Gasteiger partial charge in [-0.25, -0.2) is 0 Å². The monoisotopic (exact) mass is 572 g/mol. The fourth-order valence-electron chi connectivity index (χ4n) is 6.48. The molecule has 2 heterocycles. The van der Waals surface area contributed by atoms with E-state index in [2.05, 4.69) is 66.7 Å². The second kappa shape index (κ2) is 14.1. The van der Waals surface area contributed by atoms with E-state index in [-0.39, 0.29) is 36.6 Å². The average Bonchev–Trinajstić information content (AvgIpc) is 3.46. The van der Waals surface area contributed by atoms with Crippen molar-refractivity contribution < 1.29 is 28.7 Å². The number of hydrogen-bond acceptors (Lipinski definition) is 5. The largest absolute Gasteiger partial charge is 0.481 e. The first-order valence-electron chi connectivity index (χ1n) is 15.3. The summed E-state index contributed by atoms with van der Waals surface area (Å²) in [5.41, 5.74) is 1.91. The maximum atomic E-state index is 13.8. The number of fused-ring (bicyclic) bond motifs is 1. The van der Waals surface area contributed by atoms with E-state index in [1.807, 2.05) is 23.1 Å². The number of carbonyl (C=O) groups excluding carboxylic acids is 1. The van der Waals surface area contributed by atoms with Gasteiger partial charge in [-0.3, -0.25) is 14.5 Å². The maximum absolute atomic E-state index is 13.8. The Labute approximate surface area is 247 Å². The van der Waals surface area contributed by atoms with E-state index >= 15 is 0 Å². The summed E-state index contributed by atoms with van der Waals surface area (Å²) >= 11 is 0. The Morgan fingerprint density at radius 2 is 1.78 bits per heavy atom. The molecule has 3 atom stereocenters. The smallest absolute Gasteiger partial charge is 0.308 e. The molecule has 230 valence electrons. The van der Waals surface area contributed by atoms with Crippen LogP contribution in [0.3, 0.4) is 0 Å². The molecular formula is C33H54N3O5+. The van der Waals surface area contributed by atoms with Crippen LogP contribution in [0.4, 0.5) is 0 Å². The number of unbranched alkanes of at least 4 members (excludes halogenated alkanes) is 2. The molecule has 0 spiro atoms. The molecule has 1 saturated heterocycles. The minimum absolute atomic E-state index is 0.101. The lowest BCUT2D eigenvalue weighted by molar-refractivity contribution is -0.870. The van der Waals surface area contributed by atoms with Crippen molar-refractivity contribution in [2.75, 3.05) is 60.7 Å². The molecule has 1 aromatic rings. The number of quaternary nitrogens is 1. The number of allylic oxidation sites excluding steroid dienone is 2. The van der Waals surface area contributed by atoms with Crippen LogP contribution in [0.5, 0.6) is 11.5 Å². The van der Waals surface area contributed by atoms with Gasteiger partial charge in [0.1, 0.15) is 0 Å². The molecule has 1 N–H and O–H groups in total. The number of ether oxygens (including phenoxy) is 2. The number of carbonyl (C=O) groups is 2. The molecule has 1 aromatic carbocycles. The van der Waals surface area contributed by atoms with E-state index < -0.39 is 11.9 Å². The number of carboxylic acids is 1. The first-order chi connectivity index (χ1) is 19.2. The lowest BCUT2D eigenvalue weighted by Gasteiger charge is -2.34. The third-order valence-electron chi connectivity index (χ3n) is 8.25. The average molecular weight is 573 g/mol. The molecule has 8 nitrogen and oxygen atoms in total. The van der Waals surface area contributed by atoms with Gasteiger partial charge in [-0.1, -0.05) is 44.9 Å². The maximum Gasteiger partial charge on any atom is 0.308 e. The van der Waals surface area contributed by atoms with E-state index in [0.29, 0.717) is 24.5 Å². The topological polar surface area (TPSA) is 79.3 Å². The van der Waals surface area contributed by atoms with Crippen molar-refractivity contribution in [2.24, 2.45) is 11.3 Å². The highest BCUT2D eigenvalue weighted by molar-refractivity contribution is 5.79. The highest BCUT2D eigenvalue weighted by Gasteiger charge is 2.48. The van der Waals surface area contributed by atoms with Crippen LogP contribution in [0.25, 0.3) is 0 Å². The molecule has 8 heteroatoms. The zero-order chi connectivity index (χ0) is 30.4. The summed E-state index contributed by atoms with van der Waals surface area (Å²) in [6.07, 6.45) is 6.91. The number of rotatable bonds is 15. The number of carboxylic acid groups (broad SMARTS) is 1. The predicted octanol–water partition coefficient (Wildman–Crippen LogP) is 5.38. The summed E-state index contributed by atoms with van der Waals surface area (Å²) in [6, 6.07) is 5.48. The van der Waals surface area contributed by atoms with E-state index in [1.165, 1.54) is 5.57 Å². The van der Waals surface area contributed by atoms with Gasteiger partial charge < -0.3 is 24.0 Å². The molecule has 1 amide bonds. The molecule has 2 aliphatic heterocycles. The molecule has 0 aromatic heterocycles. The Morgan fingerprint density at radius 1 is 1.10 bits per heavy atom. The van der Waals surface area contributed by atoms with E-state index in [1.54, 1.807) is 0 Å². The van der Waals surface area contributed by atoms with Gasteiger partial charge in [0, 0.05) is 31.6 Å². The van der Waals surface area contributed by atoms with Crippen LogP contribution in [-0.4, -0.2) is 98.0 Å². The predicted molar refractivity (Wildman–Crippen MR) is 163 cm³/mol. The van der Waals surface area contributed by atoms with E-state index in [4.69, 9.17) is 9.47 Å². The normalized spacial score (nSPS) is 20.7. The summed E-state index contributed by atoms with van der Waals surface area (Å²) in [6.45, 7) is 14.1. The lowest BCUT2D eigenvalue weighted by atomic mass is 9.77. The van der Waals surface area contributed by atoms with Gasteiger partial charge in [0.05, 0.1) is 40.2 Å². The summed E-state index contributed by atoms with van der Waals surface area (Å²) in [4.78, 5) is 30.9. The van der Waals surface area contributed by atoms with Crippen LogP contribution >= 0.6 is 0 Å². The summed E-state index contributed by atoms with van der Waals surface area (Å²) in [5, 5.41) is 10.6.